The molecule has 6 nitrogen and oxygen atoms in total. The molecule has 9 heteroatoms. The fourth-order valence-corrected chi connectivity index (χ4v) is 1.36. The van der Waals surface area contributed by atoms with Crippen molar-refractivity contribution in [2.75, 3.05) is 0 Å². The lowest BCUT2D eigenvalue weighted by atomic mass is 9.84. The number of alkyl halides is 3. The van der Waals surface area contributed by atoms with Crippen molar-refractivity contribution in [3.8, 4) is 0 Å². The largest absolute Gasteiger partial charge is 0.473 e. The molecule has 1 amide bonds. The molecule has 104 valence electrons. The first-order chi connectivity index (χ1) is 7.83. The number of hydrogen-bond donors (Lipinski definition) is 2. The van der Waals surface area contributed by atoms with Crippen LogP contribution in [0.3, 0.4) is 0 Å². The molecular formula is C9H14F3N3O3. The zero-order valence-corrected chi connectivity index (χ0v) is 10.3. The molecule has 0 unspecified atom stereocenters. The highest BCUT2D eigenvalue weighted by molar-refractivity contribution is 5.96. The maximum absolute atomic E-state index is 12.1. The number of hydrogen-bond acceptors (Lipinski definition) is 3. The van der Waals surface area contributed by atoms with Crippen LogP contribution < -0.4 is 0 Å². The minimum Gasteiger partial charge on any atom is -0.285 e. The van der Waals surface area contributed by atoms with E-state index in [9.17, 15) is 28.4 Å². The van der Waals surface area contributed by atoms with Gasteiger partial charge < -0.3 is 0 Å². The van der Waals surface area contributed by atoms with Gasteiger partial charge in [-0.2, -0.15) is 18.2 Å². The maximum Gasteiger partial charge on any atom is 0.473 e. The van der Waals surface area contributed by atoms with Gasteiger partial charge in [0.1, 0.15) is 0 Å². The normalized spacial score (nSPS) is 22.4. The van der Waals surface area contributed by atoms with E-state index in [-0.39, 0.29) is 0 Å². The van der Waals surface area contributed by atoms with Crippen LogP contribution >= 0.6 is 0 Å². The van der Waals surface area contributed by atoms with E-state index in [2.05, 4.69) is 4.99 Å². The molecule has 0 aromatic rings. The molecule has 1 aliphatic rings. The molecule has 0 spiro atoms. The molecule has 18 heavy (non-hydrogen) atoms. The average Bonchev–Trinajstić information content (AvgIpc) is 2.30. The van der Waals surface area contributed by atoms with Gasteiger partial charge >= 0.3 is 12.1 Å². The molecule has 1 aliphatic heterocycles. The minimum atomic E-state index is -5.16. The van der Waals surface area contributed by atoms with E-state index in [0.29, 0.717) is 10.1 Å². The van der Waals surface area contributed by atoms with E-state index in [1.165, 1.54) is 27.7 Å². The Kier molecular flexibility index (Phi) is 3.12. The Morgan fingerprint density at radius 1 is 1.11 bits per heavy atom. The Bertz CT molecular complexity index is 382. The molecule has 0 radical (unpaired) electrons. The summed E-state index contributed by atoms with van der Waals surface area (Å²) in [7, 11) is 0. The second kappa shape index (κ2) is 3.82. The Balaban J connectivity index is 3.21. The van der Waals surface area contributed by atoms with Crippen LogP contribution in [0.15, 0.2) is 4.99 Å². The van der Waals surface area contributed by atoms with Crippen LogP contribution in [0.1, 0.15) is 27.7 Å². The third kappa shape index (κ3) is 1.93. The van der Waals surface area contributed by atoms with Crippen molar-refractivity contribution in [2.24, 2.45) is 4.99 Å². The van der Waals surface area contributed by atoms with Crippen molar-refractivity contribution in [1.29, 1.82) is 0 Å². The summed E-state index contributed by atoms with van der Waals surface area (Å²) in [6.45, 7) is 5.93. The number of hydroxylamine groups is 4. The monoisotopic (exact) mass is 269 g/mol. The molecule has 0 aromatic carbocycles. The SMILES string of the molecule is CC1(C)N(O)C(=NC(=O)C(F)(F)F)N(O)C1(C)C. The van der Waals surface area contributed by atoms with Crippen molar-refractivity contribution in [2.45, 2.75) is 44.9 Å². The number of carbonyl (C=O) groups is 1. The van der Waals surface area contributed by atoms with Crippen molar-refractivity contribution in [3.05, 3.63) is 0 Å². The highest BCUT2D eigenvalue weighted by Crippen LogP contribution is 2.38. The average molecular weight is 269 g/mol. The maximum atomic E-state index is 12.1. The molecule has 0 aromatic heterocycles. The molecule has 0 atom stereocenters. The van der Waals surface area contributed by atoms with Crippen LogP contribution in [0.25, 0.3) is 0 Å². The molecule has 1 saturated heterocycles. The van der Waals surface area contributed by atoms with Gasteiger partial charge in [0.05, 0.1) is 11.1 Å². The van der Waals surface area contributed by atoms with Gasteiger partial charge in [0.15, 0.2) is 0 Å². The Labute approximate surface area is 101 Å². The first-order valence-electron chi connectivity index (χ1n) is 5.01. The highest BCUT2D eigenvalue weighted by Gasteiger charge is 2.57. The summed E-state index contributed by atoms with van der Waals surface area (Å²) in [5, 5.41) is 20.1. The first-order valence-corrected chi connectivity index (χ1v) is 5.01. The quantitative estimate of drug-likeness (QED) is 0.695. The Morgan fingerprint density at radius 3 is 1.72 bits per heavy atom. The lowest BCUT2D eigenvalue weighted by Crippen LogP contribution is -2.52. The zero-order chi connectivity index (χ0) is 14.5. The van der Waals surface area contributed by atoms with Crippen LogP contribution in [0.2, 0.25) is 0 Å². The van der Waals surface area contributed by atoms with E-state index < -0.39 is 29.1 Å². The third-order valence-electron chi connectivity index (χ3n) is 3.38. The van der Waals surface area contributed by atoms with Crippen LogP contribution in [-0.2, 0) is 4.79 Å². The van der Waals surface area contributed by atoms with E-state index in [1.54, 1.807) is 0 Å². The number of halogens is 3. The minimum absolute atomic E-state index is 0.344. The van der Waals surface area contributed by atoms with Crippen LogP contribution in [0, 0.1) is 0 Å². The topological polar surface area (TPSA) is 76.4 Å². The summed E-state index contributed by atoms with van der Waals surface area (Å²) in [5.41, 5.74) is -2.26. The standard InChI is InChI=1S/C9H14F3N3O3/c1-7(2)8(3,4)15(18)6(14(7)17)13-5(16)9(10,11)12/h17-18H,1-4H3. The molecule has 2 N–H and O–H groups in total. The number of amides is 1. The molecular weight excluding hydrogens is 255 g/mol. The highest BCUT2D eigenvalue weighted by atomic mass is 19.4. The molecule has 0 saturated carbocycles. The Morgan fingerprint density at radius 2 is 1.44 bits per heavy atom. The second-order valence-electron chi connectivity index (χ2n) is 4.96. The van der Waals surface area contributed by atoms with E-state index in [1.807, 2.05) is 0 Å². The second-order valence-corrected chi connectivity index (χ2v) is 4.96. The molecule has 1 fully saturated rings. The number of carbonyl (C=O) groups excluding carboxylic acids is 1. The van der Waals surface area contributed by atoms with Crippen molar-refractivity contribution < 1.29 is 28.4 Å². The first kappa shape index (κ1) is 14.7. The van der Waals surface area contributed by atoms with Crippen LogP contribution in [0.5, 0.6) is 0 Å². The molecule has 0 aliphatic carbocycles. The van der Waals surface area contributed by atoms with Gasteiger partial charge in [-0.3, -0.25) is 15.2 Å². The number of rotatable bonds is 0. The molecule has 1 heterocycles. The van der Waals surface area contributed by atoms with Gasteiger partial charge in [0, 0.05) is 0 Å². The number of nitrogens with zero attached hydrogens (tertiary/aromatic N) is 3. The lowest BCUT2D eigenvalue weighted by molar-refractivity contribution is -0.170. The fraction of sp³-hybridized carbons (Fsp3) is 0.778. The number of guanidine groups is 1. The van der Waals surface area contributed by atoms with Gasteiger partial charge in [0.25, 0.3) is 5.96 Å². The van der Waals surface area contributed by atoms with Gasteiger partial charge in [-0.05, 0) is 27.7 Å². The summed E-state index contributed by atoms with van der Waals surface area (Å²) in [6.07, 6.45) is -5.16. The predicted octanol–water partition coefficient (Wildman–Crippen LogP) is 1.38. The van der Waals surface area contributed by atoms with Gasteiger partial charge in [-0.1, -0.05) is 0 Å². The third-order valence-corrected chi connectivity index (χ3v) is 3.38. The zero-order valence-electron chi connectivity index (χ0n) is 10.3. The van der Waals surface area contributed by atoms with E-state index in [0.717, 1.165) is 0 Å². The Hall–Kier alpha value is -1.35. The predicted molar refractivity (Wildman–Crippen MR) is 53.9 cm³/mol. The van der Waals surface area contributed by atoms with Crippen molar-refractivity contribution in [1.82, 2.24) is 10.1 Å². The van der Waals surface area contributed by atoms with Crippen LogP contribution in [0.4, 0.5) is 13.2 Å². The molecule has 1 rings (SSSR count). The molecule has 0 bridgehead atoms. The van der Waals surface area contributed by atoms with Gasteiger partial charge in [0.2, 0.25) is 0 Å². The van der Waals surface area contributed by atoms with Gasteiger partial charge in [-0.25, -0.2) is 10.1 Å². The van der Waals surface area contributed by atoms with Crippen molar-refractivity contribution in [3.63, 3.8) is 0 Å². The van der Waals surface area contributed by atoms with Crippen molar-refractivity contribution >= 4 is 11.9 Å². The lowest BCUT2D eigenvalue weighted by Gasteiger charge is -2.37. The summed E-state index contributed by atoms with van der Waals surface area (Å²) in [5.74, 6) is -3.25. The van der Waals surface area contributed by atoms with E-state index >= 15 is 0 Å². The summed E-state index contributed by atoms with van der Waals surface area (Å²) in [6, 6.07) is 0. The van der Waals surface area contributed by atoms with Crippen LogP contribution in [-0.4, -0.2) is 49.7 Å². The summed E-state index contributed by atoms with van der Waals surface area (Å²) < 4.78 is 36.3. The smallest absolute Gasteiger partial charge is 0.285 e. The van der Waals surface area contributed by atoms with E-state index in [4.69, 9.17) is 0 Å². The summed E-state index contributed by atoms with van der Waals surface area (Å²) >= 11 is 0. The summed E-state index contributed by atoms with van der Waals surface area (Å²) in [4.78, 5) is 13.5. The number of aliphatic imine (C=N–C) groups is 1. The fourth-order valence-electron chi connectivity index (χ4n) is 1.36. The van der Waals surface area contributed by atoms with Gasteiger partial charge in [-0.15, -0.1) is 0 Å².